The van der Waals surface area contributed by atoms with Crippen LogP contribution in [0.2, 0.25) is 0 Å². The molecule has 94 valence electrons. The molecule has 0 heterocycles. The molecule has 1 aliphatic rings. The molecule has 0 unspecified atom stereocenters. The normalized spacial score (nSPS) is 14.8. The van der Waals surface area contributed by atoms with Gasteiger partial charge in [-0.1, -0.05) is 31.4 Å². The van der Waals surface area contributed by atoms with Crippen LogP contribution in [0.15, 0.2) is 54.6 Å². The molecule has 0 amide bonds. The molecule has 0 saturated heterocycles. The lowest BCUT2D eigenvalue weighted by Gasteiger charge is -2.17. The Bertz CT molecular complexity index is 477. The largest absolute Gasteiger partial charge is 0.497 e. The molecule has 1 aromatic carbocycles. The maximum Gasteiger partial charge on any atom is 0.118 e. The van der Waals surface area contributed by atoms with Crippen LogP contribution in [0.1, 0.15) is 31.2 Å². The molecule has 0 fully saturated rings. The smallest absolute Gasteiger partial charge is 0.118 e. The summed E-state index contributed by atoms with van der Waals surface area (Å²) in [5.74, 6) is 0.869. The zero-order chi connectivity index (χ0) is 13.0. The SMILES string of the molecule is C=C(C(=C)c1ccc(OC)cc1)C1=CCCCC1. The van der Waals surface area contributed by atoms with Gasteiger partial charge in [0.15, 0.2) is 0 Å². The molecule has 18 heavy (non-hydrogen) atoms. The Morgan fingerprint density at radius 3 is 2.33 bits per heavy atom. The zero-order valence-electron chi connectivity index (χ0n) is 11.0. The van der Waals surface area contributed by atoms with Gasteiger partial charge in [-0.3, -0.25) is 0 Å². The fourth-order valence-corrected chi connectivity index (χ4v) is 2.27. The van der Waals surface area contributed by atoms with Crippen molar-refractivity contribution in [2.24, 2.45) is 0 Å². The molecule has 0 N–H and O–H groups in total. The summed E-state index contributed by atoms with van der Waals surface area (Å²) < 4.78 is 5.16. The Morgan fingerprint density at radius 1 is 1.06 bits per heavy atom. The van der Waals surface area contributed by atoms with Crippen molar-refractivity contribution in [3.8, 4) is 5.75 Å². The third-order valence-corrected chi connectivity index (χ3v) is 3.48. The average Bonchev–Trinajstić information content (AvgIpc) is 2.47. The molecule has 1 heteroatoms. The van der Waals surface area contributed by atoms with Gasteiger partial charge in [0.1, 0.15) is 5.75 Å². The number of allylic oxidation sites excluding steroid dienone is 4. The highest BCUT2D eigenvalue weighted by atomic mass is 16.5. The third kappa shape index (κ3) is 2.73. The van der Waals surface area contributed by atoms with E-state index in [1.807, 2.05) is 24.3 Å². The van der Waals surface area contributed by atoms with E-state index in [0.717, 1.165) is 28.9 Å². The number of ether oxygens (including phenoxy) is 1. The first-order valence-electron chi connectivity index (χ1n) is 6.44. The molecule has 1 nitrogen and oxygen atoms in total. The highest BCUT2D eigenvalue weighted by Crippen LogP contribution is 2.31. The number of hydrogen-bond donors (Lipinski definition) is 0. The first-order chi connectivity index (χ1) is 8.72. The van der Waals surface area contributed by atoms with Crippen molar-refractivity contribution in [1.82, 2.24) is 0 Å². The van der Waals surface area contributed by atoms with Crippen molar-refractivity contribution in [3.63, 3.8) is 0 Å². The molecule has 2 rings (SSSR count). The maximum atomic E-state index is 5.16. The second-order valence-electron chi connectivity index (χ2n) is 4.66. The first-order valence-corrected chi connectivity index (χ1v) is 6.44. The highest BCUT2D eigenvalue weighted by molar-refractivity contribution is 5.81. The molecule has 0 atom stereocenters. The van der Waals surface area contributed by atoms with E-state index in [0.29, 0.717) is 0 Å². The van der Waals surface area contributed by atoms with Crippen LogP contribution < -0.4 is 4.74 Å². The van der Waals surface area contributed by atoms with Crippen molar-refractivity contribution < 1.29 is 4.74 Å². The Hall–Kier alpha value is -1.76. The van der Waals surface area contributed by atoms with E-state index in [9.17, 15) is 0 Å². The number of methoxy groups -OCH3 is 1. The Kier molecular flexibility index (Phi) is 4.03. The van der Waals surface area contributed by atoms with Crippen molar-refractivity contribution in [3.05, 3.63) is 60.2 Å². The van der Waals surface area contributed by atoms with E-state index in [-0.39, 0.29) is 0 Å². The van der Waals surface area contributed by atoms with E-state index < -0.39 is 0 Å². The minimum atomic E-state index is 0.869. The van der Waals surface area contributed by atoms with Crippen molar-refractivity contribution in [2.45, 2.75) is 25.7 Å². The summed E-state index contributed by atoms with van der Waals surface area (Å²) in [6.45, 7) is 8.37. The lowest BCUT2D eigenvalue weighted by Crippen LogP contribution is -1.97. The fraction of sp³-hybridized carbons (Fsp3) is 0.294. The van der Waals surface area contributed by atoms with Crippen LogP contribution in [0, 0.1) is 0 Å². The van der Waals surface area contributed by atoms with E-state index in [2.05, 4.69) is 19.2 Å². The molecule has 0 radical (unpaired) electrons. The Balaban J connectivity index is 2.14. The highest BCUT2D eigenvalue weighted by Gasteiger charge is 2.11. The molecule has 0 aliphatic heterocycles. The average molecular weight is 240 g/mol. The van der Waals surface area contributed by atoms with Gasteiger partial charge in [0.05, 0.1) is 7.11 Å². The minimum Gasteiger partial charge on any atom is -0.497 e. The van der Waals surface area contributed by atoms with Crippen molar-refractivity contribution in [2.75, 3.05) is 7.11 Å². The molecule has 0 aromatic heterocycles. The van der Waals surface area contributed by atoms with Crippen LogP contribution in [0.25, 0.3) is 5.57 Å². The molecule has 1 aromatic rings. The summed E-state index contributed by atoms with van der Waals surface area (Å²) in [5, 5.41) is 0. The first kappa shape index (κ1) is 12.7. The van der Waals surface area contributed by atoms with Crippen LogP contribution in [0.4, 0.5) is 0 Å². The standard InChI is InChI=1S/C17H20O/c1-13(15-7-5-4-6-8-15)14(2)16-9-11-17(18-3)12-10-16/h7,9-12H,1-2,4-6,8H2,3H3. The van der Waals surface area contributed by atoms with E-state index >= 15 is 0 Å². The van der Waals surface area contributed by atoms with Gasteiger partial charge in [0.25, 0.3) is 0 Å². The number of benzene rings is 1. The molecule has 0 saturated carbocycles. The van der Waals surface area contributed by atoms with Crippen LogP contribution in [0.5, 0.6) is 5.75 Å². The van der Waals surface area contributed by atoms with Crippen LogP contribution in [-0.2, 0) is 0 Å². The maximum absolute atomic E-state index is 5.16. The van der Waals surface area contributed by atoms with Gasteiger partial charge in [0, 0.05) is 0 Å². The predicted octanol–water partition coefficient (Wildman–Crippen LogP) is 4.77. The van der Waals surface area contributed by atoms with Crippen LogP contribution in [-0.4, -0.2) is 7.11 Å². The second kappa shape index (κ2) is 5.72. The predicted molar refractivity (Wildman–Crippen MR) is 77.7 cm³/mol. The van der Waals surface area contributed by atoms with Gasteiger partial charge in [-0.05, 0) is 60.1 Å². The van der Waals surface area contributed by atoms with Gasteiger partial charge >= 0.3 is 0 Å². The second-order valence-corrected chi connectivity index (χ2v) is 4.66. The molecular formula is C17H20O. The molecular weight excluding hydrogens is 220 g/mol. The zero-order valence-corrected chi connectivity index (χ0v) is 11.0. The van der Waals surface area contributed by atoms with Crippen molar-refractivity contribution in [1.29, 1.82) is 0 Å². The number of hydrogen-bond acceptors (Lipinski definition) is 1. The van der Waals surface area contributed by atoms with Gasteiger partial charge in [-0.15, -0.1) is 0 Å². The topological polar surface area (TPSA) is 9.23 Å². The van der Waals surface area contributed by atoms with Crippen LogP contribution >= 0.6 is 0 Å². The third-order valence-electron chi connectivity index (χ3n) is 3.48. The van der Waals surface area contributed by atoms with Gasteiger partial charge in [-0.2, -0.15) is 0 Å². The lowest BCUT2D eigenvalue weighted by molar-refractivity contribution is 0.415. The summed E-state index contributed by atoms with van der Waals surface area (Å²) in [5.41, 5.74) is 4.58. The minimum absolute atomic E-state index is 0.869. The quantitative estimate of drug-likeness (QED) is 0.689. The fourth-order valence-electron chi connectivity index (χ4n) is 2.27. The monoisotopic (exact) mass is 240 g/mol. The van der Waals surface area contributed by atoms with Gasteiger partial charge < -0.3 is 4.74 Å². The molecule has 0 spiro atoms. The van der Waals surface area contributed by atoms with Crippen LogP contribution in [0.3, 0.4) is 0 Å². The van der Waals surface area contributed by atoms with Gasteiger partial charge in [-0.25, -0.2) is 0 Å². The summed E-state index contributed by atoms with van der Waals surface area (Å²) in [6.07, 6.45) is 7.17. The van der Waals surface area contributed by atoms with E-state index in [4.69, 9.17) is 4.74 Å². The summed E-state index contributed by atoms with van der Waals surface area (Å²) in [7, 11) is 1.68. The molecule has 1 aliphatic carbocycles. The number of rotatable bonds is 4. The molecule has 0 bridgehead atoms. The Labute approximate surface area is 109 Å². The summed E-state index contributed by atoms with van der Waals surface area (Å²) in [4.78, 5) is 0. The lowest BCUT2D eigenvalue weighted by atomic mass is 9.88. The Morgan fingerprint density at radius 2 is 1.78 bits per heavy atom. The van der Waals surface area contributed by atoms with E-state index in [1.54, 1.807) is 7.11 Å². The van der Waals surface area contributed by atoms with Crippen molar-refractivity contribution >= 4 is 5.57 Å². The van der Waals surface area contributed by atoms with E-state index in [1.165, 1.54) is 24.8 Å². The summed E-state index contributed by atoms with van der Waals surface area (Å²) >= 11 is 0. The van der Waals surface area contributed by atoms with Gasteiger partial charge in [0.2, 0.25) is 0 Å². The summed E-state index contributed by atoms with van der Waals surface area (Å²) in [6, 6.07) is 8.00.